The Morgan fingerprint density at radius 1 is 1.00 bits per heavy atom. The predicted octanol–water partition coefficient (Wildman–Crippen LogP) is 4.17. The van der Waals surface area contributed by atoms with Gasteiger partial charge in [-0.3, -0.25) is 14.2 Å². The van der Waals surface area contributed by atoms with E-state index in [1.165, 1.54) is 16.7 Å². The van der Waals surface area contributed by atoms with Crippen molar-refractivity contribution in [1.82, 2.24) is 9.80 Å². The zero-order valence-electron chi connectivity index (χ0n) is 17.8. The Morgan fingerprint density at radius 2 is 1.61 bits per heavy atom. The van der Waals surface area contributed by atoms with Gasteiger partial charge in [-0.2, -0.15) is 8.42 Å². The minimum Gasteiger partial charge on any atom is -0.437 e. The average molecular weight is 503 g/mol. The standard InChI is InChI=1S/C23H22N2O5S3/c1-2-24-21(26)20(32-23(24)31)22-25(14-9-15-33(27,28)29)18(16-10-5-3-6-11-16)19(30-22)17-12-7-4-8-13-17/h3-8,10-13H,2,9,14-15H2,1H3,(H,27,28,29). The first-order valence-electron chi connectivity index (χ1n) is 10.3. The summed E-state index contributed by atoms with van der Waals surface area (Å²) in [6.07, 6.45) is 0.137. The second kappa shape index (κ2) is 9.68. The molecule has 172 valence electrons. The lowest BCUT2D eigenvalue weighted by Crippen LogP contribution is -2.29. The number of carbonyl (C=O) groups is 1. The van der Waals surface area contributed by atoms with Crippen LogP contribution in [-0.4, -0.2) is 51.8 Å². The number of benzene rings is 2. The molecule has 2 heterocycles. The van der Waals surface area contributed by atoms with E-state index >= 15 is 0 Å². The van der Waals surface area contributed by atoms with Gasteiger partial charge in [0.25, 0.3) is 16.0 Å². The Labute approximate surface area is 202 Å². The summed E-state index contributed by atoms with van der Waals surface area (Å²) in [6.45, 7) is 2.50. The first-order chi connectivity index (χ1) is 15.8. The maximum absolute atomic E-state index is 13.1. The first kappa shape index (κ1) is 23.5. The van der Waals surface area contributed by atoms with Gasteiger partial charge >= 0.3 is 0 Å². The van der Waals surface area contributed by atoms with Gasteiger partial charge in [0.15, 0.2) is 5.76 Å². The van der Waals surface area contributed by atoms with E-state index in [1.54, 1.807) is 0 Å². The smallest absolute Gasteiger partial charge is 0.271 e. The van der Waals surface area contributed by atoms with Crippen LogP contribution in [0.4, 0.5) is 0 Å². The maximum atomic E-state index is 13.1. The number of ether oxygens (including phenoxy) is 1. The lowest BCUT2D eigenvalue weighted by Gasteiger charge is -2.22. The summed E-state index contributed by atoms with van der Waals surface area (Å²) < 4.78 is 38.8. The van der Waals surface area contributed by atoms with Crippen molar-refractivity contribution in [3.05, 3.63) is 82.6 Å². The summed E-state index contributed by atoms with van der Waals surface area (Å²) in [5.41, 5.74) is 2.38. The van der Waals surface area contributed by atoms with E-state index in [9.17, 15) is 17.8 Å². The number of hydrogen-bond donors (Lipinski definition) is 1. The van der Waals surface area contributed by atoms with Crippen molar-refractivity contribution in [3.63, 3.8) is 0 Å². The molecule has 2 aliphatic rings. The van der Waals surface area contributed by atoms with Gasteiger partial charge in [-0.15, -0.1) is 0 Å². The van der Waals surface area contributed by atoms with Crippen LogP contribution in [0.3, 0.4) is 0 Å². The zero-order valence-corrected chi connectivity index (χ0v) is 20.3. The van der Waals surface area contributed by atoms with Crippen LogP contribution in [0, 0.1) is 0 Å². The normalized spacial score (nSPS) is 19.0. The van der Waals surface area contributed by atoms with Crippen LogP contribution in [-0.2, 0) is 19.6 Å². The molecule has 0 aliphatic carbocycles. The lowest BCUT2D eigenvalue weighted by atomic mass is 10.1. The van der Waals surface area contributed by atoms with E-state index in [0.29, 0.717) is 33.1 Å². The summed E-state index contributed by atoms with van der Waals surface area (Å²) in [6, 6.07) is 19.1. The van der Waals surface area contributed by atoms with E-state index < -0.39 is 15.9 Å². The second-order valence-corrected chi connectivity index (χ2v) is 10.6. The fourth-order valence-electron chi connectivity index (χ4n) is 3.68. The third-order valence-electron chi connectivity index (χ3n) is 5.16. The number of nitrogens with zero attached hydrogens (tertiary/aromatic N) is 2. The molecule has 7 nitrogen and oxygen atoms in total. The first-order valence-corrected chi connectivity index (χ1v) is 13.2. The fourth-order valence-corrected chi connectivity index (χ4v) is 5.57. The van der Waals surface area contributed by atoms with E-state index in [2.05, 4.69) is 0 Å². The second-order valence-electron chi connectivity index (χ2n) is 7.35. The summed E-state index contributed by atoms with van der Waals surface area (Å²) >= 11 is 6.55. The molecular weight excluding hydrogens is 480 g/mol. The molecule has 0 radical (unpaired) electrons. The molecule has 0 saturated carbocycles. The van der Waals surface area contributed by atoms with Gasteiger partial charge in [0, 0.05) is 24.2 Å². The fraction of sp³-hybridized carbons (Fsp3) is 0.217. The van der Waals surface area contributed by atoms with Gasteiger partial charge in [-0.05, 0) is 25.1 Å². The summed E-state index contributed by atoms with van der Waals surface area (Å²) in [5, 5.41) is 0. The number of hydrogen-bond acceptors (Lipinski definition) is 7. The third kappa shape index (κ3) is 4.98. The molecule has 1 amide bonds. The van der Waals surface area contributed by atoms with Gasteiger partial charge in [0.1, 0.15) is 9.23 Å². The number of thiocarbonyl (C=S) groups is 1. The molecule has 2 aliphatic heterocycles. The number of likely N-dealkylation sites (N-methyl/N-ethyl adjacent to an activating group) is 1. The molecule has 0 atom stereocenters. The molecule has 2 aromatic rings. The zero-order chi connectivity index (χ0) is 23.6. The highest BCUT2D eigenvalue weighted by Gasteiger charge is 2.41. The molecule has 1 saturated heterocycles. The van der Waals surface area contributed by atoms with Crippen molar-refractivity contribution in [2.24, 2.45) is 0 Å². The quantitative estimate of drug-likeness (QED) is 0.343. The minimum absolute atomic E-state index is 0.137. The Kier molecular flexibility index (Phi) is 6.89. The van der Waals surface area contributed by atoms with Gasteiger partial charge in [0.05, 0.1) is 11.4 Å². The van der Waals surface area contributed by atoms with Crippen LogP contribution in [0.25, 0.3) is 11.5 Å². The molecule has 4 rings (SSSR count). The van der Waals surface area contributed by atoms with Crippen LogP contribution in [0.5, 0.6) is 0 Å². The molecule has 1 N–H and O–H groups in total. The molecular formula is C23H22N2O5S3. The Morgan fingerprint density at radius 3 is 2.15 bits per heavy atom. The molecule has 2 aromatic carbocycles. The van der Waals surface area contributed by atoms with Crippen molar-refractivity contribution in [1.29, 1.82) is 0 Å². The molecule has 0 aromatic heterocycles. The molecule has 1 fully saturated rings. The molecule has 33 heavy (non-hydrogen) atoms. The Hall–Kier alpha value is -2.66. The van der Waals surface area contributed by atoms with Crippen molar-refractivity contribution >= 4 is 55.8 Å². The van der Waals surface area contributed by atoms with E-state index in [-0.39, 0.29) is 18.9 Å². The largest absolute Gasteiger partial charge is 0.437 e. The topological polar surface area (TPSA) is 87.2 Å². The predicted molar refractivity (Wildman–Crippen MR) is 133 cm³/mol. The van der Waals surface area contributed by atoms with E-state index in [1.807, 2.05) is 72.5 Å². The minimum atomic E-state index is -4.13. The number of thioether (sulfide) groups is 1. The third-order valence-corrected chi connectivity index (χ3v) is 7.38. The van der Waals surface area contributed by atoms with Crippen LogP contribution in [0.1, 0.15) is 24.5 Å². The summed E-state index contributed by atoms with van der Waals surface area (Å²) in [4.78, 5) is 16.8. The number of carbonyl (C=O) groups excluding carboxylic acids is 1. The molecule has 0 spiro atoms. The maximum Gasteiger partial charge on any atom is 0.271 e. The summed E-state index contributed by atoms with van der Waals surface area (Å²) in [7, 11) is -4.13. The van der Waals surface area contributed by atoms with Gasteiger partial charge < -0.3 is 9.64 Å². The lowest BCUT2D eigenvalue weighted by molar-refractivity contribution is -0.122. The van der Waals surface area contributed by atoms with Gasteiger partial charge in [-0.25, -0.2) is 0 Å². The van der Waals surface area contributed by atoms with Crippen LogP contribution in [0.15, 0.2) is 71.5 Å². The number of rotatable bonds is 7. The van der Waals surface area contributed by atoms with Crippen LogP contribution < -0.4 is 0 Å². The Balaban J connectivity index is 1.86. The number of amides is 1. The van der Waals surface area contributed by atoms with Crippen molar-refractivity contribution in [2.75, 3.05) is 18.8 Å². The monoisotopic (exact) mass is 502 g/mol. The van der Waals surface area contributed by atoms with Crippen molar-refractivity contribution in [2.45, 2.75) is 13.3 Å². The van der Waals surface area contributed by atoms with Crippen LogP contribution in [0.2, 0.25) is 0 Å². The SMILES string of the molecule is CCN1C(=O)C(=C2OC(c3ccccc3)=C(c3ccccc3)N2CCCS(=O)(=O)O)SC1=S. The molecule has 0 bridgehead atoms. The van der Waals surface area contributed by atoms with E-state index in [0.717, 1.165) is 11.1 Å². The van der Waals surface area contributed by atoms with Crippen molar-refractivity contribution < 1.29 is 22.5 Å². The average Bonchev–Trinajstić information content (AvgIpc) is 3.30. The highest BCUT2D eigenvalue weighted by atomic mass is 32.2. The highest BCUT2D eigenvalue weighted by Crippen LogP contribution is 2.45. The molecule has 0 unspecified atom stereocenters. The molecule has 10 heteroatoms. The highest BCUT2D eigenvalue weighted by molar-refractivity contribution is 8.26. The van der Waals surface area contributed by atoms with Crippen LogP contribution >= 0.6 is 24.0 Å². The Bertz CT molecular complexity index is 1240. The van der Waals surface area contributed by atoms with Crippen molar-refractivity contribution in [3.8, 4) is 0 Å². The van der Waals surface area contributed by atoms with Gasteiger partial charge in [-0.1, -0.05) is 72.9 Å². The summed E-state index contributed by atoms with van der Waals surface area (Å²) in [5.74, 6) is 0.223. The van der Waals surface area contributed by atoms with Gasteiger partial charge in [0.2, 0.25) is 5.88 Å². The van der Waals surface area contributed by atoms with E-state index in [4.69, 9.17) is 17.0 Å².